The van der Waals surface area contributed by atoms with Crippen molar-refractivity contribution in [2.75, 3.05) is 11.9 Å². The molecule has 0 spiro atoms. The summed E-state index contributed by atoms with van der Waals surface area (Å²) in [6, 6.07) is 1.66. The number of carbonyl (C=O) groups excluding carboxylic acids is 2. The molecule has 3 heterocycles. The van der Waals surface area contributed by atoms with Crippen LogP contribution in [0.2, 0.25) is 0 Å². The molecule has 0 unspecified atom stereocenters. The van der Waals surface area contributed by atoms with Crippen LogP contribution in [-0.2, 0) is 24.8 Å². The second kappa shape index (κ2) is 6.74. The molecule has 3 rings (SSSR count). The number of rotatable bonds is 2. The van der Waals surface area contributed by atoms with Gasteiger partial charge in [-0.15, -0.1) is 0 Å². The lowest BCUT2D eigenvalue weighted by atomic mass is 10.1. The van der Waals surface area contributed by atoms with E-state index in [0.29, 0.717) is 13.0 Å². The Kier molecular flexibility index (Phi) is 4.62. The van der Waals surface area contributed by atoms with Gasteiger partial charge in [-0.1, -0.05) is 0 Å². The van der Waals surface area contributed by atoms with E-state index >= 15 is 0 Å². The van der Waals surface area contributed by atoms with Gasteiger partial charge < -0.3 is 9.64 Å². The lowest BCUT2D eigenvalue weighted by Crippen LogP contribution is -2.40. The first-order valence-corrected chi connectivity index (χ1v) is 8.35. The Morgan fingerprint density at radius 1 is 1.23 bits per heavy atom. The maximum atomic E-state index is 12.6. The fraction of sp³-hybridized carbons (Fsp3) is 0.471. The molecule has 9 nitrogen and oxygen atoms in total. The van der Waals surface area contributed by atoms with Gasteiger partial charge in [0.2, 0.25) is 5.95 Å². The number of aryl methyl sites for hydroxylation is 1. The summed E-state index contributed by atoms with van der Waals surface area (Å²) in [5.41, 5.74) is 1.35. The van der Waals surface area contributed by atoms with E-state index in [2.05, 4.69) is 20.4 Å². The van der Waals surface area contributed by atoms with Crippen LogP contribution in [0.5, 0.6) is 0 Å². The molecule has 0 saturated carbocycles. The average molecular weight is 358 g/mol. The molecule has 0 aromatic carbocycles. The highest BCUT2D eigenvalue weighted by Crippen LogP contribution is 2.24. The average Bonchev–Trinajstić information content (AvgIpc) is 2.91. The SMILES string of the molecule is Cn1nc(C(=O)Nc2ncccn2)c2c1CCN(C(=O)OC(C)(C)C)C2. The molecule has 0 fully saturated rings. The third-order valence-corrected chi connectivity index (χ3v) is 3.90. The number of nitrogens with zero attached hydrogens (tertiary/aromatic N) is 5. The Morgan fingerprint density at radius 3 is 2.58 bits per heavy atom. The zero-order chi connectivity index (χ0) is 18.9. The summed E-state index contributed by atoms with van der Waals surface area (Å²) in [4.78, 5) is 34.5. The van der Waals surface area contributed by atoms with Crippen molar-refractivity contribution in [3.8, 4) is 0 Å². The summed E-state index contributed by atoms with van der Waals surface area (Å²) in [6.07, 6.45) is 3.29. The van der Waals surface area contributed by atoms with Gasteiger partial charge >= 0.3 is 6.09 Å². The number of anilines is 1. The van der Waals surface area contributed by atoms with Crippen LogP contribution in [-0.4, -0.2) is 48.8 Å². The fourth-order valence-electron chi connectivity index (χ4n) is 2.78. The fourth-order valence-corrected chi connectivity index (χ4v) is 2.78. The molecule has 2 aromatic heterocycles. The normalized spacial score (nSPS) is 13.9. The number of nitrogens with one attached hydrogen (secondary N) is 1. The van der Waals surface area contributed by atoms with E-state index in [4.69, 9.17) is 4.74 Å². The van der Waals surface area contributed by atoms with Crippen LogP contribution < -0.4 is 5.32 Å². The minimum atomic E-state index is -0.572. The molecule has 2 amide bonds. The summed E-state index contributed by atoms with van der Waals surface area (Å²) in [7, 11) is 1.79. The van der Waals surface area contributed by atoms with Crippen molar-refractivity contribution in [3.05, 3.63) is 35.4 Å². The number of amides is 2. The van der Waals surface area contributed by atoms with Gasteiger partial charge in [-0.05, 0) is 26.8 Å². The minimum absolute atomic E-state index is 0.205. The molecule has 9 heteroatoms. The number of fused-ring (bicyclic) bond motifs is 1. The van der Waals surface area contributed by atoms with Gasteiger partial charge in [-0.25, -0.2) is 14.8 Å². The number of ether oxygens (including phenoxy) is 1. The van der Waals surface area contributed by atoms with Crippen LogP contribution >= 0.6 is 0 Å². The maximum absolute atomic E-state index is 12.6. The number of hydrogen-bond donors (Lipinski definition) is 1. The van der Waals surface area contributed by atoms with Crippen molar-refractivity contribution in [2.24, 2.45) is 7.05 Å². The van der Waals surface area contributed by atoms with Gasteiger partial charge in [-0.3, -0.25) is 14.8 Å². The molecule has 26 heavy (non-hydrogen) atoms. The highest BCUT2D eigenvalue weighted by molar-refractivity contribution is 6.03. The summed E-state index contributed by atoms with van der Waals surface area (Å²) in [5.74, 6) is -0.198. The highest BCUT2D eigenvalue weighted by Gasteiger charge is 2.31. The molecule has 0 aliphatic carbocycles. The summed E-state index contributed by atoms with van der Waals surface area (Å²) in [5, 5.41) is 6.96. The van der Waals surface area contributed by atoms with Crippen LogP contribution in [0, 0.1) is 0 Å². The van der Waals surface area contributed by atoms with E-state index in [1.807, 2.05) is 20.8 Å². The van der Waals surface area contributed by atoms with Gasteiger partial charge in [0.05, 0.1) is 6.54 Å². The topological polar surface area (TPSA) is 102 Å². The van der Waals surface area contributed by atoms with E-state index in [1.54, 1.807) is 35.1 Å². The molecule has 0 atom stereocenters. The minimum Gasteiger partial charge on any atom is -0.444 e. The summed E-state index contributed by atoms with van der Waals surface area (Å²) in [6.45, 7) is 6.26. The molecule has 1 aliphatic heterocycles. The van der Waals surface area contributed by atoms with E-state index in [9.17, 15) is 9.59 Å². The summed E-state index contributed by atoms with van der Waals surface area (Å²) >= 11 is 0. The number of hydrogen-bond acceptors (Lipinski definition) is 6. The smallest absolute Gasteiger partial charge is 0.410 e. The zero-order valence-electron chi connectivity index (χ0n) is 15.3. The molecule has 0 bridgehead atoms. The molecule has 0 saturated heterocycles. The largest absolute Gasteiger partial charge is 0.444 e. The van der Waals surface area contributed by atoms with Gasteiger partial charge in [0, 0.05) is 43.7 Å². The van der Waals surface area contributed by atoms with Gasteiger partial charge in [0.15, 0.2) is 5.69 Å². The molecule has 1 aliphatic rings. The van der Waals surface area contributed by atoms with Crippen molar-refractivity contribution >= 4 is 17.9 Å². The van der Waals surface area contributed by atoms with E-state index in [1.165, 1.54) is 0 Å². The predicted molar refractivity (Wildman–Crippen MR) is 93.5 cm³/mol. The second-order valence-electron chi connectivity index (χ2n) is 7.08. The molecular weight excluding hydrogens is 336 g/mol. The Hall–Kier alpha value is -2.97. The van der Waals surface area contributed by atoms with E-state index in [0.717, 1.165) is 11.3 Å². The molecule has 0 radical (unpaired) electrons. The van der Waals surface area contributed by atoms with Crippen LogP contribution in [0.3, 0.4) is 0 Å². The van der Waals surface area contributed by atoms with Gasteiger partial charge in [-0.2, -0.15) is 5.10 Å². The van der Waals surface area contributed by atoms with Crippen LogP contribution in [0.1, 0.15) is 42.5 Å². The number of aromatic nitrogens is 4. The first kappa shape index (κ1) is 17.8. The monoisotopic (exact) mass is 358 g/mol. The molecule has 2 aromatic rings. The highest BCUT2D eigenvalue weighted by atomic mass is 16.6. The predicted octanol–water partition coefficient (Wildman–Crippen LogP) is 1.76. The van der Waals surface area contributed by atoms with Crippen LogP contribution in [0.25, 0.3) is 0 Å². The Labute approximate surface area is 151 Å². The Balaban J connectivity index is 1.81. The lowest BCUT2D eigenvalue weighted by molar-refractivity contribution is 0.0222. The lowest BCUT2D eigenvalue weighted by Gasteiger charge is -2.30. The second-order valence-corrected chi connectivity index (χ2v) is 7.08. The van der Waals surface area contributed by atoms with Gasteiger partial charge in [0.25, 0.3) is 5.91 Å². The summed E-state index contributed by atoms with van der Waals surface area (Å²) < 4.78 is 7.12. The molecule has 138 valence electrons. The number of carbonyl (C=O) groups is 2. The third-order valence-electron chi connectivity index (χ3n) is 3.90. The zero-order valence-corrected chi connectivity index (χ0v) is 15.3. The third kappa shape index (κ3) is 3.81. The van der Waals surface area contributed by atoms with Crippen molar-refractivity contribution in [2.45, 2.75) is 39.3 Å². The maximum Gasteiger partial charge on any atom is 0.410 e. The van der Waals surface area contributed by atoms with Crippen molar-refractivity contribution < 1.29 is 14.3 Å². The Bertz CT molecular complexity index is 825. The van der Waals surface area contributed by atoms with Crippen LogP contribution in [0.4, 0.5) is 10.7 Å². The first-order valence-electron chi connectivity index (χ1n) is 8.35. The molecular formula is C17H22N6O3. The van der Waals surface area contributed by atoms with Gasteiger partial charge in [0.1, 0.15) is 5.60 Å². The molecule has 1 N–H and O–H groups in total. The quantitative estimate of drug-likeness (QED) is 0.877. The standard InChI is InChI=1S/C17H22N6O3/c1-17(2,3)26-16(25)23-9-6-12-11(10-23)13(21-22(12)4)14(24)20-15-18-7-5-8-19-15/h5,7-8H,6,9-10H2,1-4H3,(H,18,19,20,24). The Morgan fingerprint density at radius 2 is 1.92 bits per heavy atom. The van der Waals surface area contributed by atoms with Crippen molar-refractivity contribution in [3.63, 3.8) is 0 Å². The van der Waals surface area contributed by atoms with Crippen LogP contribution in [0.15, 0.2) is 18.5 Å². The van der Waals surface area contributed by atoms with Crippen molar-refractivity contribution in [1.29, 1.82) is 0 Å². The first-order chi connectivity index (χ1) is 12.2. The van der Waals surface area contributed by atoms with E-state index < -0.39 is 17.6 Å². The van der Waals surface area contributed by atoms with E-state index in [-0.39, 0.29) is 18.2 Å². The van der Waals surface area contributed by atoms with Crippen molar-refractivity contribution in [1.82, 2.24) is 24.6 Å².